The van der Waals surface area contributed by atoms with Crippen LogP contribution in [0.25, 0.3) is 22.2 Å². The third kappa shape index (κ3) is 1.02. The SMILES string of the molecule is OCc1nnc2c3ccccc3n3cncc3n12. The first kappa shape index (κ1) is 9.55. The molecular formula is C12H9N5O. The average molecular weight is 239 g/mol. The van der Waals surface area contributed by atoms with Gasteiger partial charge in [-0.05, 0) is 12.1 Å². The van der Waals surface area contributed by atoms with Gasteiger partial charge in [-0.3, -0.25) is 8.80 Å². The fourth-order valence-corrected chi connectivity index (χ4v) is 2.35. The van der Waals surface area contributed by atoms with E-state index in [1.54, 1.807) is 12.5 Å². The molecule has 3 heterocycles. The van der Waals surface area contributed by atoms with Gasteiger partial charge in [0.1, 0.15) is 18.6 Å². The molecule has 1 N–H and O–H groups in total. The summed E-state index contributed by atoms with van der Waals surface area (Å²) in [7, 11) is 0. The summed E-state index contributed by atoms with van der Waals surface area (Å²) in [4.78, 5) is 4.16. The van der Waals surface area contributed by atoms with E-state index in [-0.39, 0.29) is 6.61 Å². The highest BCUT2D eigenvalue weighted by Gasteiger charge is 2.13. The number of aromatic nitrogens is 5. The largest absolute Gasteiger partial charge is 0.388 e. The van der Waals surface area contributed by atoms with Crippen LogP contribution in [0.2, 0.25) is 0 Å². The summed E-state index contributed by atoms with van der Waals surface area (Å²) in [5.41, 5.74) is 2.61. The van der Waals surface area contributed by atoms with Crippen molar-refractivity contribution in [2.24, 2.45) is 0 Å². The van der Waals surface area contributed by atoms with E-state index in [0.717, 1.165) is 22.2 Å². The number of aliphatic hydroxyl groups is 1. The fourth-order valence-electron chi connectivity index (χ4n) is 2.35. The smallest absolute Gasteiger partial charge is 0.171 e. The molecular weight excluding hydrogens is 230 g/mol. The molecule has 0 unspecified atom stereocenters. The van der Waals surface area contributed by atoms with Crippen molar-refractivity contribution < 1.29 is 5.11 Å². The van der Waals surface area contributed by atoms with Crippen molar-refractivity contribution in [2.75, 3.05) is 0 Å². The highest BCUT2D eigenvalue weighted by atomic mass is 16.3. The second-order valence-corrected chi connectivity index (χ2v) is 4.07. The van der Waals surface area contributed by atoms with Crippen molar-refractivity contribution in [3.05, 3.63) is 42.6 Å². The fraction of sp³-hybridized carbons (Fsp3) is 0.0833. The Labute approximate surface area is 101 Å². The van der Waals surface area contributed by atoms with Crippen molar-refractivity contribution in [1.29, 1.82) is 0 Å². The number of hydrogen-bond acceptors (Lipinski definition) is 4. The lowest BCUT2D eigenvalue weighted by atomic mass is 10.2. The predicted molar refractivity (Wildman–Crippen MR) is 65.2 cm³/mol. The predicted octanol–water partition coefficient (Wildman–Crippen LogP) is 1.02. The molecule has 6 heteroatoms. The van der Waals surface area contributed by atoms with Gasteiger partial charge in [-0.2, -0.15) is 0 Å². The third-order valence-corrected chi connectivity index (χ3v) is 3.12. The number of aliphatic hydroxyl groups excluding tert-OH is 1. The molecule has 0 atom stereocenters. The van der Waals surface area contributed by atoms with E-state index in [1.165, 1.54) is 0 Å². The molecule has 0 saturated heterocycles. The Kier molecular flexibility index (Phi) is 1.73. The Morgan fingerprint density at radius 1 is 1.17 bits per heavy atom. The minimum atomic E-state index is -0.152. The van der Waals surface area contributed by atoms with Crippen LogP contribution in [0.5, 0.6) is 0 Å². The highest BCUT2D eigenvalue weighted by molar-refractivity contribution is 5.93. The minimum absolute atomic E-state index is 0.152. The van der Waals surface area contributed by atoms with Gasteiger partial charge in [0.05, 0.1) is 11.7 Å². The summed E-state index contributed by atoms with van der Waals surface area (Å²) < 4.78 is 3.79. The number of fused-ring (bicyclic) bond motifs is 6. The van der Waals surface area contributed by atoms with E-state index >= 15 is 0 Å². The Morgan fingerprint density at radius 3 is 2.94 bits per heavy atom. The molecule has 0 aliphatic rings. The van der Waals surface area contributed by atoms with E-state index in [2.05, 4.69) is 15.2 Å². The monoisotopic (exact) mass is 239 g/mol. The molecule has 6 nitrogen and oxygen atoms in total. The summed E-state index contributed by atoms with van der Waals surface area (Å²) in [5, 5.41) is 18.5. The third-order valence-electron chi connectivity index (χ3n) is 3.12. The van der Waals surface area contributed by atoms with Crippen LogP contribution in [0.4, 0.5) is 0 Å². The average Bonchev–Trinajstić information content (AvgIpc) is 3.05. The first-order chi connectivity index (χ1) is 8.90. The van der Waals surface area contributed by atoms with E-state index in [1.807, 2.05) is 33.1 Å². The molecule has 0 aliphatic carbocycles. The number of imidazole rings is 1. The zero-order valence-electron chi connectivity index (χ0n) is 9.35. The second kappa shape index (κ2) is 3.27. The van der Waals surface area contributed by atoms with Crippen LogP contribution in [0.1, 0.15) is 5.82 Å². The molecule has 0 spiro atoms. The summed E-state index contributed by atoms with van der Waals surface area (Å²) in [6.45, 7) is -0.152. The van der Waals surface area contributed by atoms with Crippen LogP contribution in [-0.4, -0.2) is 29.1 Å². The molecule has 88 valence electrons. The van der Waals surface area contributed by atoms with Crippen molar-refractivity contribution in [3.63, 3.8) is 0 Å². The molecule has 0 saturated carbocycles. The molecule has 0 fully saturated rings. The summed E-state index contributed by atoms with van der Waals surface area (Å²) in [5.74, 6) is 0.515. The summed E-state index contributed by atoms with van der Waals surface area (Å²) in [6, 6.07) is 7.93. The van der Waals surface area contributed by atoms with Gasteiger partial charge in [-0.25, -0.2) is 4.98 Å². The van der Waals surface area contributed by atoms with E-state index < -0.39 is 0 Å². The van der Waals surface area contributed by atoms with Crippen molar-refractivity contribution in [1.82, 2.24) is 24.0 Å². The van der Waals surface area contributed by atoms with Crippen LogP contribution in [-0.2, 0) is 6.61 Å². The second-order valence-electron chi connectivity index (χ2n) is 4.07. The quantitative estimate of drug-likeness (QED) is 0.538. The topological polar surface area (TPSA) is 67.7 Å². The Morgan fingerprint density at radius 2 is 2.06 bits per heavy atom. The van der Waals surface area contributed by atoms with Crippen LogP contribution in [0.3, 0.4) is 0 Å². The van der Waals surface area contributed by atoms with E-state index in [4.69, 9.17) is 0 Å². The first-order valence-electron chi connectivity index (χ1n) is 5.58. The number of benzene rings is 1. The van der Waals surface area contributed by atoms with Gasteiger partial charge in [0.25, 0.3) is 0 Å². The zero-order valence-corrected chi connectivity index (χ0v) is 9.35. The lowest BCUT2D eigenvalue weighted by molar-refractivity contribution is 0.270. The molecule has 4 aromatic rings. The maximum Gasteiger partial charge on any atom is 0.171 e. The molecule has 0 radical (unpaired) electrons. The number of hydrogen-bond donors (Lipinski definition) is 1. The van der Waals surface area contributed by atoms with Crippen LogP contribution in [0, 0.1) is 0 Å². The summed E-state index contributed by atoms with van der Waals surface area (Å²) >= 11 is 0. The van der Waals surface area contributed by atoms with Crippen LogP contribution in [0.15, 0.2) is 36.8 Å². The molecule has 18 heavy (non-hydrogen) atoms. The Hall–Kier alpha value is -2.47. The van der Waals surface area contributed by atoms with Crippen molar-refractivity contribution in [2.45, 2.75) is 6.61 Å². The molecule has 1 aromatic carbocycles. The van der Waals surface area contributed by atoms with Gasteiger partial charge in [-0.15, -0.1) is 10.2 Å². The van der Waals surface area contributed by atoms with Gasteiger partial charge in [0.2, 0.25) is 0 Å². The van der Waals surface area contributed by atoms with Gasteiger partial charge >= 0.3 is 0 Å². The molecule has 4 rings (SSSR count). The number of para-hydroxylation sites is 1. The number of rotatable bonds is 1. The van der Waals surface area contributed by atoms with E-state index in [9.17, 15) is 5.11 Å². The normalized spacial score (nSPS) is 11.8. The van der Waals surface area contributed by atoms with Crippen molar-refractivity contribution >= 4 is 22.2 Å². The lowest BCUT2D eigenvalue weighted by Gasteiger charge is -2.06. The van der Waals surface area contributed by atoms with Crippen molar-refractivity contribution in [3.8, 4) is 0 Å². The first-order valence-corrected chi connectivity index (χ1v) is 5.58. The van der Waals surface area contributed by atoms with Gasteiger partial charge in [-0.1, -0.05) is 12.1 Å². The maximum atomic E-state index is 9.34. The maximum absolute atomic E-state index is 9.34. The lowest BCUT2D eigenvalue weighted by Crippen LogP contribution is -2.00. The number of nitrogens with zero attached hydrogens (tertiary/aromatic N) is 5. The molecule has 0 bridgehead atoms. The summed E-state index contributed by atoms with van der Waals surface area (Å²) in [6.07, 6.45) is 3.49. The minimum Gasteiger partial charge on any atom is -0.388 e. The van der Waals surface area contributed by atoms with E-state index in [0.29, 0.717) is 5.82 Å². The van der Waals surface area contributed by atoms with Crippen LogP contribution < -0.4 is 0 Å². The van der Waals surface area contributed by atoms with Gasteiger partial charge in [0.15, 0.2) is 11.5 Å². The highest BCUT2D eigenvalue weighted by Crippen LogP contribution is 2.22. The molecule has 3 aromatic heterocycles. The van der Waals surface area contributed by atoms with Crippen LogP contribution >= 0.6 is 0 Å². The molecule has 0 amide bonds. The standard InChI is InChI=1S/C12H9N5O/c18-6-10-14-15-12-8-3-1-2-4-9(8)16-7-13-5-11(16)17(10)12/h1-5,7,18H,6H2. The molecule has 0 aliphatic heterocycles. The zero-order chi connectivity index (χ0) is 12.1. The van der Waals surface area contributed by atoms with Gasteiger partial charge in [0, 0.05) is 5.39 Å². The van der Waals surface area contributed by atoms with Gasteiger partial charge < -0.3 is 5.11 Å². The Bertz CT molecular complexity index is 876. The Balaban J connectivity index is 2.41.